The van der Waals surface area contributed by atoms with Gasteiger partial charge in [0, 0.05) is 13.1 Å². The van der Waals surface area contributed by atoms with Crippen LogP contribution in [0.25, 0.3) is 0 Å². The minimum Gasteiger partial charge on any atom is -0.465 e. The molecule has 1 heterocycles. The highest BCUT2D eigenvalue weighted by molar-refractivity contribution is 5.73. The Morgan fingerprint density at radius 1 is 1.58 bits per heavy atom. The van der Waals surface area contributed by atoms with Gasteiger partial charge in [-0.1, -0.05) is 13.8 Å². The largest absolute Gasteiger partial charge is 0.465 e. The molecule has 0 aromatic rings. The highest BCUT2D eigenvalue weighted by Gasteiger charge is 2.25. The van der Waals surface area contributed by atoms with Gasteiger partial charge in [-0.05, 0) is 12.3 Å². The fourth-order valence-electron chi connectivity index (χ4n) is 0.968. The van der Waals surface area contributed by atoms with Crippen molar-refractivity contribution in [3.05, 3.63) is 0 Å². The van der Waals surface area contributed by atoms with E-state index in [1.165, 1.54) is 0 Å². The summed E-state index contributed by atoms with van der Waals surface area (Å²) in [6.07, 6.45) is 0.964. The van der Waals surface area contributed by atoms with Crippen molar-refractivity contribution < 1.29 is 9.53 Å². The Bertz CT molecular complexity index is 153. The highest BCUT2D eigenvalue weighted by atomic mass is 16.5. The van der Waals surface area contributed by atoms with Crippen LogP contribution in [-0.2, 0) is 9.53 Å². The van der Waals surface area contributed by atoms with E-state index in [1.807, 2.05) is 0 Å². The zero-order chi connectivity index (χ0) is 8.97. The van der Waals surface area contributed by atoms with Crippen LogP contribution in [0.15, 0.2) is 0 Å². The molecule has 70 valence electrons. The van der Waals surface area contributed by atoms with E-state index in [0.717, 1.165) is 19.5 Å². The van der Waals surface area contributed by atoms with Gasteiger partial charge in [0.15, 0.2) is 0 Å². The average Bonchev–Trinajstić information content (AvgIpc) is 1.81. The molecule has 0 amide bonds. The number of rotatable bonds is 4. The van der Waals surface area contributed by atoms with E-state index in [9.17, 15) is 4.79 Å². The van der Waals surface area contributed by atoms with Gasteiger partial charge in [-0.2, -0.15) is 0 Å². The maximum Gasteiger partial charge on any atom is 0.311 e. The Morgan fingerprint density at radius 3 is 2.67 bits per heavy atom. The summed E-state index contributed by atoms with van der Waals surface area (Å²) in [5, 5.41) is 3.04. The van der Waals surface area contributed by atoms with Crippen LogP contribution in [0.1, 0.15) is 20.3 Å². The zero-order valence-corrected chi connectivity index (χ0v) is 7.80. The van der Waals surface area contributed by atoms with Gasteiger partial charge in [0.25, 0.3) is 0 Å². The molecule has 1 N–H and O–H groups in total. The summed E-state index contributed by atoms with van der Waals surface area (Å²) in [7, 11) is 0. The fraction of sp³-hybridized carbons (Fsp3) is 0.889. The van der Waals surface area contributed by atoms with Gasteiger partial charge in [0.2, 0.25) is 0 Å². The third-order valence-corrected chi connectivity index (χ3v) is 2.05. The summed E-state index contributed by atoms with van der Waals surface area (Å²) in [5.41, 5.74) is 0. The van der Waals surface area contributed by atoms with Crippen molar-refractivity contribution in [3.8, 4) is 0 Å². The second-order valence-electron chi connectivity index (χ2n) is 3.71. The third-order valence-electron chi connectivity index (χ3n) is 2.05. The molecule has 3 nitrogen and oxygen atoms in total. The monoisotopic (exact) mass is 171 g/mol. The number of carbonyl (C=O) groups is 1. The molecule has 0 unspecified atom stereocenters. The van der Waals surface area contributed by atoms with E-state index < -0.39 is 0 Å². The van der Waals surface area contributed by atoms with Gasteiger partial charge in [-0.3, -0.25) is 4.79 Å². The molecule has 1 rings (SSSR count). The molecular weight excluding hydrogens is 154 g/mol. The van der Waals surface area contributed by atoms with E-state index in [-0.39, 0.29) is 11.9 Å². The normalized spacial score (nSPS) is 17.6. The molecule has 12 heavy (non-hydrogen) atoms. The van der Waals surface area contributed by atoms with Crippen molar-refractivity contribution in [1.82, 2.24) is 5.32 Å². The number of carbonyl (C=O) groups excluding carboxylic acids is 1. The molecule has 0 radical (unpaired) electrons. The lowest BCUT2D eigenvalue weighted by Gasteiger charge is -2.24. The van der Waals surface area contributed by atoms with Gasteiger partial charge in [0.1, 0.15) is 0 Å². The first-order valence-corrected chi connectivity index (χ1v) is 4.57. The van der Waals surface area contributed by atoms with Crippen LogP contribution < -0.4 is 5.32 Å². The predicted molar refractivity (Wildman–Crippen MR) is 46.8 cm³/mol. The average molecular weight is 171 g/mol. The molecule has 1 aliphatic rings. The first-order chi connectivity index (χ1) is 5.70. The van der Waals surface area contributed by atoms with Crippen LogP contribution in [0, 0.1) is 11.8 Å². The van der Waals surface area contributed by atoms with Gasteiger partial charge >= 0.3 is 5.97 Å². The Hall–Kier alpha value is -0.570. The summed E-state index contributed by atoms with van der Waals surface area (Å²) in [5.74, 6) is 0.698. The molecule has 0 aliphatic carbocycles. The van der Waals surface area contributed by atoms with Crippen LogP contribution in [0.4, 0.5) is 0 Å². The lowest BCUT2D eigenvalue weighted by molar-refractivity contribution is -0.150. The van der Waals surface area contributed by atoms with Crippen LogP contribution >= 0.6 is 0 Å². The standard InChI is InChI=1S/C9H17NO2/c1-7(2)3-4-12-9(11)8-5-10-6-8/h7-8,10H,3-6H2,1-2H3. The van der Waals surface area contributed by atoms with Crippen LogP contribution in [-0.4, -0.2) is 25.7 Å². The van der Waals surface area contributed by atoms with Crippen LogP contribution in [0.3, 0.4) is 0 Å². The summed E-state index contributed by atoms with van der Waals surface area (Å²) >= 11 is 0. The molecule has 0 saturated carbocycles. The predicted octanol–water partition coefficient (Wildman–Crippen LogP) is 0.795. The summed E-state index contributed by atoms with van der Waals surface area (Å²) < 4.78 is 5.08. The van der Waals surface area contributed by atoms with Gasteiger partial charge in [-0.25, -0.2) is 0 Å². The van der Waals surface area contributed by atoms with Gasteiger partial charge in [-0.15, -0.1) is 0 Å². The minimum atomic E-state index is -0.0330. The van der Waals surface area contributed by atoms with E-state index in [2.05, 4.69) is 19.2 Å². The third kappa shape index (κ3) is 2.81. The Kier molecular flexibility index (Phi) is 3.53. The zero-order valence-electron chi connectivity index (χ0n) is 7.80. The Morgan fingerprint density at radius 2 is 2.25 bits per heavy atom. The van der Waals surface area contributed by atoms with E-state index in [0.29, 0.717) is 12.5 Å². The first kappa shape index (κ1) is 9.52. The lowest BCUT2D eigenvalue weighted by atomic mass is 10.0. The lowest BCUT2D eigenvalue weighted by Crippen LogP contribution is -2.47. The van der Waals surface area contributed by atoms with Crippen molar-refractivity contribution in [1.29, 1.82) is 0 Å². The Balaban J connectivity index is 2.02. The molecule has 0 aromatic carbocycles. The van der Waals surface area contributed by atoms with Crippen molar-refractivity contribution in [2.24, 2.45) is 11.8 Å². The number of esters is 1. The summed E-state index contributed by atoms with van der Waals surface area (Å²) in [6.45, 7) is 6.41. The van der Waals surface area contributed by atoms with Crippen molar-refractivity contribution >= 4 is 5.97 Å². The smallest absolute Gasteiger partial charge is 0.311 e. The van der Waals surface area contributed by atoms with Crippen LogP contribution in [0.5, 0.6) is 0 Å². The number of hydrogen-bond acceptors (Lipinski definition) is 3. The molecule has 1 saturated heterocycles. The molecule has 1 aliphatic heterocycles. The number of hydrogen-bond donors (Lipinski definition) is 1. The highest BCUT2D eigenvalue weighted by Crippen LogP contribution is 2.06. The minimum absolute atomic E-state index is 0.0330. The molecular formula is C9H17NO2. The molecule has 0 aromatic heterocycles. The first-order valence-electron chi connectivity index (χ1n) is 4.57. The van der Waals surface area contributed by atoms with E-state index in [4.69, 9.17) is 4.74 Å². The maximum atomic E-state index is 11.1. The summed E-state index contributed by atoms with van der Waals surface area (Å²) in [6, 6.07) is 0. The van der Waals surface area contributed by atoms with Crippen molar-refractivity contribution in [3.63, 3.8) is 0 Å². The van der Waals surface area contributed by atoms with Crippen LogP contribution in [0.2, 0.25) is 0 Å². The Labute approximate surface area is 73.5 Å². The van der Waals surface area contributed by atoms with Crippen molar-refractivity contribution in [2.75, 3.05) is 19.7 Å². The van der Waals surface area contributed by atoms with E-state index in [1.54, 1.807) is 0 Å². The molecule has 1 fully saturated rings. The molecule has 0 atom stereocenters. The number of nitrogens with one attached hydrogen (secondary N) is 1. The van der Waals surface area contributed by atoms with Crippen molar-refractivity contribution in [2.45, 2.75) is 20.3 Å². The second-order valence-corrected chi connectivity index (χ2v) is 3.71. The fourth-order valence-corrected chi connectivity index (χ4v) is 0.968. The topological polar surface area (TPSA) is 38.3 Å². The maximum absolute atomic E-state index is 11.1. The molecule has 0 bridgehead atoms. The molecule has 0 spiro atoms. The van der Waals surface area contributed by atoms with Gasteiger partial charge in [0.05, 0.1) is 12.5 Å². The number of ether oxygens (including phenoxy) is 1. The second kappa shape index (κ2) is 4.45. The van der Waals surface area contributed by atoms with Gasteiger partial charge < -0.3 is 10.1 Å². The summed E-state index contributed by atoms with van der Waals surface area (Å²) in [4.78, 5) is 11.1. The SMILES string of the molecule is CC(C)CCOC(=O)C1CNC1. The van der Waals surface area contributed by atoms with E-state index >= 15 is 0 Å². The quantitative estimate of drug-likeness (QED) is 0.636. The molecule has 3 heteroatoms.